The van der Waals surface area contributed by atoms with Crippen LogP contribution in [0.5, 0.6) is 0 Å². The minimum absolute atomic E-state index is 0.0626. The van der Waals surface area contributed by atoms with E-state index in [1.165, 1.54) is 65.2 Å². The summed E-state index contributed by atoms with van der Waals surface area (Å²) in [7, 11) is 1.86. The van der Waals surface area contributed by atoms with Gasteiger partial charge < -0.3 is 29.7 Å². The number of amides is 3. The van der Waals surface area contributed by atoms with E-state index in [9.17, 15) is 44.5 Å². The zero-order chi connectivity index (χ0) is 38.1. The number of ether oxygens (including phenoxy) is 2. The van der Waals surface area contributed by atoms with Crippen LogP contribution in [0.25, 0.3) is 0 Å². The summed E-state index contributed by atoms with van der Waals surface area (Å²) < 4.78 is 10.9. The number of nitrogens with zero attached hydrogens (tertiary/aromatic N) is 5. The first-order chi connectivity index (χ1) is 25.2. The molecule has 2 aromatic carbocycles. The van der Waals surface area contributed by atoms with Crippen molar-refractivity contribution < 1.29 is 43.6 Å². The first-order valence-corrected chi connectivity index (χ1v) is 18.1. The average Bonchev–Trinajstić information content (AvgIpc) is 3.81. The fourth-order valence-corrected chi connectivity index (χ4v) is 9.06. The highest BCUT2D eigenvalue weighted by atomic mass is 32.2. The summed E-state index contributed by atoms with van der Waals surface area (Å²) in [6.45, 7) is 4.52. The number of likely N-dealkylation sites (tertiary alicyclic amines) is 2. The number of aliphatic hydroxyl groups is 1. The Bertz CT molecular complexity index is 1820. The number of β-lactam (4-membered cyclic amide) rings is 1. The molecule has 6 rings (SSSR count). The van der Waals surface area contributed by atoms with Gasteiger partial charge in [-0.25, -0.2) is 9.59 Å². The lowest BCUT2D eigenvalue weighted by Crippen LogP contribution is -2.63. The van der Waals surface area contributed by atoms with E-state index < -0.39 is 46.0 Å². The third-order valence-corrected chi connectivity index (χ3v) is 11.7. The van der Waals surface area contributed by atoms with Crippen LogP contribution in [0.4, 0.5) is 16.2 Å². The summed E-state index contributed by atoms with van der Waals surface area (Å²) in [4.78, 5) is 79.6. The third-order valence-electron chi connectivity index (χ3n) is 10.2. The molecule has 53 heavy (non-hydrogen) atoms. The second-order valence-corrected chi connectivity index (χ2v) is 15.2. The molecule has 0 bridgehead atoms. The molecular formula is C35H40N6O11S. The molecule has 4 heterocycles. The van der Waals surface area contributed by atoms with Crippen LogP contribution in [0.1, 0.15) is 37.8 Å². The number of non-ortho nitro benzene ring substituents is 2. The number of likely N-dealkylation sites (N-methyl/N-ethyl adjacent to an activating group) is 1. The first-order valence-electron chi connectivity index (χ1n) is 17.2. The van der Waals surface area contributed by atoms with E-state index >= 15 is 0 Å². The molecule has 0 aliphatic carbocycles. The predicted molar refractivity (Wildman–Crippen MR) is 189 cm³/mol. The zero-order valence-corrected chi connectivity index (χ0v) is 30.1. The number of nitro benzene ring substituents is 2. The van der Waals surface area contributed by atoms with E-state index in [1.54, 1.807) is 11.8 Å². The molecule has 18 heteroatoms. The molecule has 3 fully saturated rings. The fourth-order valence-electron chi connectivity index (χ4n) is 7.47. The van der Waals surface area contributed by atoms with Gasteiger partial charge in [-0.05, 0) is 62.2 Å². The van der Waals surface area contributed by atoms with Gasteiger partial charge in [-0.15, -0.1) is 11.8 Å². The van der Waals surface area contributed by atoms with Gasteiger partial charge >= 0.3 is 12.1 Å². The first kappa shape index (κ1) is 37.7. The number of alkyl carbamates (subject to hydrolysis) is 1. The number of carbonyl (C=O) groups excluding carboxylic acids is 4. The van der Waals surface area contributed by atoms with E-state index in [2.05, 4.69) is 5.32 Å². The topological polar surface area (TPSA) is 215 Å². The zero-order valence-electron chi connectivity index (χ0n) is 29.3. The summed E-state index contributed by atoms with van der Waals surface area (Å²) in [6, 6.07) is 10.1. The molecule has 0 unspecified atom stereocenters. The molecule has 2 aromatic rings. The van der Waals surface area contributed by atoms with E-state index in [4.69, 9.17) is 9.47 Å². The smallest absolute Gasteiger partial charge is 0.407 e. The summed E-state index contributed by atoms with van der Waals surface area (Å²) >= 11 is 1.44. The summed E-state index contributed by atoms with van der Waals surface area (Å²) in [5, 5.41) is 34.9. The predicted octanol–water partition coefficient (Wildman–Crippen LogP) is 2.95. The van der Waals surface area contributed by atoms with Crippen molar-refractivity contribution >= 4 is 47.0 Å². The quantitative estimate of drug-likeness (QED) is 0.138. The minimum atomic E-state index is -0.914. The number of nitrogens with one attached hydrogen (secondary N) is 1. The van der Waals surface area contributed by atoms with Gasteiger partial charge in [-0.2, -0.15) is 0 Å². The number of fused-ring (bicyclic) bond motifs is 1. The lowest BCUT2D eigenvalue weighted by atomic mass is 9.79. The van der Waals surface area contributed by atoms with Gasteiger partial charge in [-0.1, -0.05) is 6.92 Å². The molecule has 4 aliphatic rings. The van der Waals surface area contributed by atoms with Crippen molar-refractivity contribution in [3.63, 3.8) is 0 Å². The Morgan fingerprint density at radius 2 is 1.57 bits per heavy atom. The molecular weight excluding hydrogens is 712 g/mol. The largest absolute Gasteiger partial charge is 0.456 e. The van der Waals surface area contributed by atoms with Crippen molar-refractivity contribution in [1.82, 2.24) is 20.0 Å². The lowest BCUT2D eigenvalue weighted by Gasteiger charge is -2.46. The standard InChI is InChI=1S/C35H40N6O11S/c1-19-29-28(20(2)42)33(44)39(29)30(34(45)51-17-21-4-8-24(9-5-21)40(47)48)31(19)53-26-14-27(37(3)16-26)32(43)38-13-12-23(15-38)36-35(46)52-18-22-6-10-25(11-7-22)41(49)50/h4-11,19-20,23,26-29,42H,12-18H2,1-3H3,(H,36,46)/t19-,20-,23-,26+,27+,28-,29-/m1/s1. The van der Waals surface area contributed by atoms with Crippen LogP contribution >= 0.6 is 11.8 Å². The fraction of sp³-hybridized carbons (Fsp3) is 0.486. The molecule has 0 spiro atoms. The number of hydrogen-bond donors (Lipinski definition) is 2. The van der Waals surface area contributed by atoms with Crippen molar-refractivity contribution in [3.8, 4) is 0 Å². The molecule has 3 amide bonds. The molecule has 4 aliphatic heterocycles. The van der Waals surface area contributed by atoms with Crippen LogP contribution in [0, 0.1) is 32.1 Å². The van der Waals surface area contributed by atoms with Gasteiger partial charge in [0.15, 0.2) is 0 Å². The summed E-state index contributed by atoms with van der Waals surface area (Å²) in [6.07, 6.45) is -0.549. The van der Waals surface area contributed by atoms with Gasteiger partial charge in [0.2, 0.25) is 11.8 Å². The highest BCUT2D eigenvalue weighted by molar-refractivity contribution is 8.03. The SMILES string of the molecule is C[C@@H](O)[C@H]1C(=O)N2C(C(=O)OCc3ccc([N+](=O)[O-])cc3)=C(S[C@H]3C[C@@H](C(=O)N4CC[C@@H](NC(=O)OCc5ccc([N+](=O)[O-])cc5)C4)N(C)C3)[C@H](C)[C@H]12. The van der Waals surface area contributed by atoms with Crippen molar-refractivity contribution in [1.29, 1.82) is 0 Å². The number of aliphatic hydroxyl groups excluding tert-OH is 1. The van der Waals surface area contributed by atoms with Crippen LogP contribution in [-0.2, 0) is 37.1 Å². The van der Waals surface area contributed by atoms with Gasteiger partial charge in [0, 0.05) is 60.0 Å². The molecule has 7 atom stereocenters. The Morgan fingerprint density at radius 3 is 2.13 bits per heavy atom. The van der Waals surface area contributed by atoms with Crippen LogP contribution in [0.15, 0.2) is 59.1 Å². The van der Waals surface area contributed by atoms with E-state index in [0.717, 1.165) is 0 Å². The van der Waals surface area contributed by atoms with Crippen molar-refractivity contribution in [2.45, 2.75) is 69.4 Å². The molecule has 17 nitrogen and oxygen atoms in total. The maximum absolute atomic E-state index is 13.7. The molecule has 0 aromatic heterocycles. The van der Waals surface area contributed by atoms with Crippen molar-refractivity contribution in [3.05, 3.63) is 90.5 Å². The van der Waals surface area contributed by atoms with Crippen molar-refractivity contribution in [2.75, 3.05) is 26.7 Å². The molecule has 282 valence electrons. The number of benzene rings is 2. The monoisotopic (exact) mass is 752 g/mol. The number of nitro groups is 2. The molecule has 0 saturated carbocycles. The van der Waals surface area contributed by atoms with Gasteiger partial charge in [0.1, 0.15) is 18.9 Å². The number of rotatable bonds is 12. The maximum atomic E-state index is 13.7. The highest BCUT2D eigenvalue weighted by Gasteiger charge is 2.60. The van der Waals surface area contributed by atoms with Crippen LogP contribution < -0.4 is 5.32 Å². The lowest BCUT2D eigenvalue weighted by molar-refractivity contribution is -0.385. The minimum Gasteiger partial charge on any atom is -0.456 e. The Hall–Kier alpha value is -5.07. The van der Waals surface area contributed by atoms with E-state index in [-0.39, 0.29) is 59.3 Å². The van der Waals surface area contributed by atoms with Crippen LogP contribution in [0.3, 0.4) is 0 Å². The normalized spacial score (nSPS) is 25.8. The Morgan fingerprint density at radius 1 is 0.981 bits per heavy atom. The molecule has 2 N–H and O–H groups in total. The van der Waals surface area contributed by atoms with E-state index in [0.29, 0.717) is 48.5 Å². The number of hydrogen-bond acceptors (Lipinski definition) is 13. The number of esters is 1. The molecule has 0 radical (unpaired) electrons. The molecule has 3 saturated heterocycles. The Labute approximate surface area is 308 Å². The van der Waals surface area contributed by atoms with Crippen LogP contribution in [0.2, 0.25) is 0 Å². The number of carbonyl (C=O) groups is 4. The second-order valence-electron chi connectivity index (χ2n) is 13.8. The number of thioether (sulfide) groups is 1. The van der Waals surface area contributed by atoms with Gasteiger partial charge in [0.05, 0.1) is 40.0 Å². The Balaban J connectivity index is 1.06. The third kappa shape index (κ3) is 7.84. The highest BCUT2D eigenvalue weighted by Crippen LogP contribution is 2.52. The average molecular weight is 753 g/mol. The Kier molecular flexibility index (Phi) is 11.0. The van der Waals surface area contributed by atoms with Gasteiger partial charge in [0.25, 0.3) is 11.4 Å². The van der Waals surface area contributed by atoms with Crippen molar-refractivity contribution in [2.24, 2.45) is 11.8 Å². The second kappa shape index (κ2) is 15.5. The van der Waals surface area contributed by atoms with E-state index in [1.807, 2.05) is 18.9 Å². The van der Waals surface area contributed by atoms with Gasteiger partial charge in [-0.3, -0.25) is 34.7 Å². The maximum Gasteiger partial charge on any atom is 0.407 e. The van der Waals surface area contributed by atoms with Crippen LogP contribution in [-0.4, -0.2) is 110 Å². The summed E-state index contributed by atoms with van der Waals surface area (Å²) in [5.74, 6) is -2.09. The summed E-state index contributed by atoms with van der Waals surface area (Å²) in [5.41, 5.74) is 1.10.